The Morgan fingerprint density at radius 1 is 0.921 bits per heavy atom. The summed E-state index contributed by atoms with van der Waals surface area (Å²) in [5.74, 6) is -0.389. The number of carbonyl (C=O) groups excluding carboxylic acids is 3. The van der Waals surface area contributed by atoms with Gasteiger partial charge in [0.15, 0.2) is 0 Å². The minimum Gasteiger partial charge on any atom is -0.351 e. The van der Waals surface area contributed by atoms with Gasteiger partial charge in [0.2, 0.25) is 5.91 Å². The summed E-state index contributed by atoms with van der Waals surface area (Å²) in [4.78, 5) is 47.5. The predicted octanol–water partition coefficient (Wildman–Crippen LogP) is 3.93. The number of hydrogen-bond acceptors (Lipinski definition) is 3. The maximum atomic E-state index is 13.8. The lowest BCUT2D eigenvalue weighted by molar-refractivity contribution is -0.138. The molecule has 2 aromatic heterocycles. The van der Waals surface area contributed by atoms with E-state index in [1.165, 1.54) is 0 Å². The molecule has 3 amide bonds. The first kappa shape index (κ1) is 24.3. The molecule has 6 rings (SSSR count). The van der Waals surface area contributed by atoms with Gasteiger partial charge in [0.1, 0.15) is 17.4 Å². The van der Waals surface area contributed by atoms with Gasteiger partial charge in [0, 0.05) is 41.9 Å². The van der Waals surface area contributed by atoms with Gasteiger partial charge < -0.3 is 24.7 Å². The van der Waals surface area contributed by atoms with Crippen LogP contribution < -0.4 is 5.32 Å². The molecule has 0 aliphatic carbocycles. The van der Waals surface area contributed by atoms with E-state index in [2.05, 4.69) is 10.3 Å². The summed E-state index contributed by atoms with van der Waals surface area (Å²) in [7, 11) is 1.92. The van der Waals surface area contributed by atoms with Crippen molar-refractivity contribution in [3.63, 3.8) is 0 Å². The number of piperazine rings is 1. The minimum absolute atomic E-state index is 0.00258. The molecule has 8 heteroatoms. The van der Waals surface area contributed by atoms with E-state index < -0.39 is 11.5 Å². The van der Waals surface area contributed by atoms with Crippen LogP contribution in [0.4, 0.5) is 0 Å². The second-order valence-corrected chi connectivity index (χ2v) is 11.7. The van der Waals surface area contributed by atoms with Crippen LogP contribution in [0.3, 0.4) is 0 Å². The van der Waals surface area contributed by atoms with Crippen molar-refractivity contribution >= 4 is 39.5 Å². The number of nitrogens with zero attached hydrogens (tertiary/aromatic N) is 3. The van der Waals surface area contributed by atoms with Crippen molar-refractivity contribution < 1.29 is 14.4 Å². The normalized spacial score (nSPS) is 19.9. The van der Waals surface area contributed by atoms with E-state index in [9.17, 15) is 14.4 Å². The molecule has 2 saturated heterocycles. The molecule has 8 nitrogen and oxygen atoms in total. The van der Waals surface area contributed by atoms with Gasteiger partial charge in [-0.3, -0.25) is 14.4 Å². The maximum Gasteiger partial charge on any atom is 0.270 e. The number of nitrogens with one attached hydrogen (secondary N) is 2. The first-order valence-electron chi connectivity index (χ1n) is 13.2. The Kier molecular flexibility index (Phi) is 5.59. The van der Waals surface area contributed by atoms with Gasteiger partial charge in [0.25, 0.3) is 11.8 Å². The van der Waals surface area contributed by atoms with Crippen LogP contribution in [0.2, 0.25) is 0 Å². The largest absolute Gasteiger partial charge is 0.351 e. The average molecular weight is 512 g/mol. The molecular formula is C30H33N5O3. The van der Waals surface area contributed by atoms with Gasteiger partial charge in [-0.05, 0) is 36.1 Å². The lowest BCUT2D eigenvalue weighted by Gasteiger charge is -2.39. The summed E-state index contributed by atoms with van der Waals surface area (Å²) in [6, 6.07) is 18.7. The Bertz CT molecular complexity index is 1540. The third-order valence-electron chi connectivity index (χ3n) is 8.12. The number of hydrogen-bond donors (Lipinski definition) is 2. The van der Waals surface area contributed by atoms with Gasteiger partial charge in [-0.15, -0.1) is 0 Å². The third kappa shape index (κ3) is 3.95. The molecule has 196 valence electrons. The standard InChI is InChI=1S/C30H33N5O3/c1-30(2,3)26(32-27(36)23-13-18-9-5-7-11-22(18)31-23)29(38)35-17-20-15-21(35)16-34(20)28(37)25-14-19-10-6-8-12-24(19)33(25)4/h5-14,20-21,26,31H,15-17H2,1-4H3,(H,32,36)/t20-,21-,26+/m0/s1. The van der Waals surface area contributed by atoms with Crippen LogP contribution in [0.25, 0.3) is 21.8 Å². The molecule has 2 fully saturated rings. The number of likely N-dealkylation sites (tertiary alicyclic amines) is 2. The summed E-state index contributed by atoms with van der Waals surface area (Å²) in [6.45, 7) is 6.87. The quantitative estimate of drug-likeness (QED) is 0.435. The van der Waals surface area contributed by atoms with Crippen molar-refractivity contribution in [2.24, 2.45) is 12.5 Å². The van der Waals surface area contributed by atoms with E-state index in [1.54, 1.807) is 0 Å². The van der Waals surface area contributed by atoms with Gasteiger partial charge in [-0.2, -0.15) is 0 Å². The van der Waals surface area contributed by atoms with E-state index in [0.29, 0.717) is 24.5 Å². The zero-order valence-corrected chi connectivity index (χ0v) is 22.2. The van der Waals surface area contributed by atoms with E-state index in [0.717, 1.165) is 28.2 Å². The number of aryl methyl sites for hydroxylation is 1. The fourth-order valence-corrected chi connectivity index (χ4v) is 6.05. The molecule has 4 aromatic rings. The first-order valence-corrected chi connectivity index (χ1v) is 13.2. The van der Waals surface area contributed by atoms with Gasteiger partial charge in [-0.1, -0.05) is 57.2 Å². The molecule has 2 N–H and O–H groups in total. The molecule has 0 radical (unpaired) electrons. The lowest BCUT2D eigenvalue weighted by atomic mass is 9.85. The number of carbonyl (C=O) groups is 3. The summed E-state index contributed by atoms with van der Waals surface area (Å²) in [6.07, 6.45) is 0.758. The van der Waals surface area contributed by atoms with Gasteiger partial charge in [0.05, 0.1) is 12.1 Å². The van der Waals surface area contributed by atoms with E-state index in [4.69, 9.17) is 0 Å². The second-order valence-electron chi connectivity index (χ2n) is 11.7. The zero-order valence-electron chi connectivity index (χ0n) is 22.2. The van der Waals surface area contributed by atoms with Crippen molar-refractivity contribution in [1.29, 1.82) is 0 Å². The SMILES string of the molecule is Cn1c(C(=O)N2C[C@@H]3C[C@H]2CN3C(=O)[C@@H](NC(=O)c2cc3ccccc3[nH]2)C(C)(C)C)cc2ccccc21. The van der Waals surface area contributed by atoms with Crippen LogP contribution >= 0.6 is 0 Å². The maximum absolute atomic E-state index is 13.8. The van der Waals surface area contributed by atoms with Crippen molar-refractivity contribution in [3.05, 3.63) is 72.1 Å². The average Bonchev–Trinajstić information content (AvgIpc) is 3.67. The van der Waals surface area contributed by atoms with Crippen molar-refractivity contribution in [2.75, 3.05) is 13.1 Å². The van der Waals surface area contributed by atoms with Gasteiger partial charge >= 0.3 is 0 Å². The van der Waals surface area contributed by atoms with E-state index in [1.807, 2.05) is 103 Å². The van der Waals surface area contributed by atoms with Crippen LogP contribution in [0.1, 0.15) is 48.2 Å². The number of amides is 3. The number of rotatable bonds is 4. The first-order chi connectivity index (χ1) is 18.1. The van der Waals surface area contributed by atoms with Crippen molar-refractivity contribution in [2.45, 2.75) is 45.3 Å². The number of aromatic amines is 1. The summed E-state index contributed by atoms with van der Waals surface area (Å²) in [5.41, 5.74) is 2.51. The number of aromatic nitrogens is 2. The Labute approximate surface area is 221 Å². The number of fused-ring (bicyclic) bond motifs is 4. The minimum atomic E-state index is -0.692. The van der Waals surface area contributed by atoms with Crippen LogP contribution in [0.5, 0.6) is 0 Å². The molecule has 2 bridgehead atoms. The molecule has 0 saturated carbocycles. The number of benzene rings is 2. The summed E-state index contributed by atoms with van der Waals surface area (Å²) in [5, 5.41) is 5.00. The van der Waals surface area contributed by atoms with Crippen LogP contribution in [0.15, 0.2) is 60.7 Å². The van der Waals surface area contributed by atoms with Crippen LogP contribution in [-0.2, 0) is 11.8 Å². The predicted molar refractivity (Wildman–Crippen MR) is 147 cm³/mol. The number of para-hydroxylation sites is 2. The summed E-state index contributed by atoms with van der Waals surface area (Å²) < 4.78 is 1.95. The van der Waals surface area contributed by atoms with Crippen molar-refractivity contribution in [3.8, 4) is 0 Å². The summed E-state index contributed by atoms with van der Waals surface area (Å²) >= 11 is 0. The lowest BCUT2D eigenvalue weighted by Crippen LogP contribution is -2.59. The molecule has 3 atom stereocenters. The fourth-order valence-electron chi connectivity index (χ4n) is 6.05. The topological polar surface area (TPSA) is 90.4 Å². The Morgan fingerprint density at radius 3 is 2.24 bits per heavy atom. The highest BCUT2D eigenvalue weighted by Gasteiger charge is 2.50. The highest BCUT2D eigenvalue weighted by atomic mass is 16.2. The highest BCUT2D eigenvalue weighted by molar-refractivity contribution is 6.01. The van der Waals surface area contributed by atoms with E-state index >= 15 is 0 Å². The third-order valence-corrected chi connectivity index (χ3v) is 8.12. The molecule has 0 spiro atoms. The monoisotopic (exact) mass is 511 g/mol. The second kappa shape index (κ2) is 8.75. The Morgan fingerprint density at radius 2 is 1.58 bits per heavy atom. The fraction of sp³-hybridized carbons (Fsp3) is 0.367. The van der Waals surface area contributed by atoms with Crippen LogP contribution in [-0.4, -0.2) is 68.3 Å². The molecule has 0 unspecified atom stereocenters. The molecule has 2 aliphatic heterocycles. The van der Waals surface area contributed by atoms with E-state index in [-0.39, 0.29) is 29.8 Å². The zero-order chi connectivity index (χ0) is 26.8. The smallest absolute Gasteiger partial charge is 0.270 e. The molecule has 4 heterocycles. The molecule has 2 aliphatic rings. The highest BCUT2D eigenvalue weighted by Crippen LogP contribution is 2.35. The van der Waals surface area contributed by atoms with Gasteiger partial charge in [-0.25, -0.2) is 0 Å². The molecule has 38 heavy (non-hydrogen) atoms. The number of H-pyrrole nitrogens is 1. The van der Waals surface area contributed by atoms with Crippen LogP contribution in [0, 0.1) is 5.41 Å². The van der Waals surface area contributed by atoms with Crippen molar-refractivity contribution in [1.82, 2.24) is 24.7 Å². The molecular weight excluding hydrogens is 478 g/mol. The molecule has 2 aromatic carbocycles. The Hall–Kier alpha value is -4.07. The Balaban J connectivity index is 1.18.